The van der Waals surface area contributed by atoms with E-state index in [1.54, 1.807) is 27.4 Å². The molecule has 0 aliphatic carbocycles. The van der Waals surface area contributed by atoms with Crippen molar-refractivity contribution in [2.45, 2.75) is 45.4 Å². The quantitative estimate of drug-likeness (QED) is 0.795. The van der Waals surface area contributed by atoms with Crippen LogP contribution in [0.1, 0.15) is 45.0 Å². The van der Waals surface area contributed by atoms with Crippen LogP contribution >= 0.6 is 0 Å². The highest BCUT2D eigenvalue weighted by atomic mass is 16.5. The summed E-state index contributed by atoms with van der Waals surface area (Å²) in [5.41, 5.74) is 0.938. The maximum absolute atomic E-state index is 11.4. The molecule has 1 aliphatic rings. The Morgan fingerprint density at radius 3 is 2.68 bits per heavy atom. The predicted molar refractivity (Wildman–Crippen MR) is 76.6 cm³/mol. The first-order valence-electron chi connectivity index (χ1n) is 6.35. The minimum Gasteiger partial charge on any atom is -0.427 e. The highest BCUT2D eigenvalue weighted by molar-refractivity contribution is 6.47. The van der Waals surface area contributed by atoms with Gasteiger partial charge in [0, 0.05) is 13.5 Å². The largest absolute Gasteiger partial charge is 0.427 e. The number of nitrogens with one attached hydrogen (secondary N) is 1. The Bertz CT molecular complexity index is 512. The Morgan fingerprint density at radius 1 is 1.37 bits per heavy atom. The van der Waals surface area contributed by atoms with Gasteiger partial charge in [-0.05, 0) is 39.3 Å². The van der Waals surface area contributed by atoms with Gasteiger partial charge in [0.15, 0.2) is 0 Å². The van der Waals surface area contributed by atoms with Gasteiger partial charge < -0.3 is 15.1 Å². The molecule has 2 rings (SSSR count). The zero-order chi connectivity index (χ0) is 14.3. The number of rotatable bonds is 4. The molecule has 19 heavy (non-hydrogen) atoms. The summed E-state index contributed by atoms with van der Waals surface area (Å²) in [5.74, 6) is -0.0284. The van der Waals surface area contributed by atoms with E-state index in [-0.39, 0.29) is 7.33 Å². The Hall–Kier alpha value is -1.33. The Balaban J connectivity index is 0.00000200. The van der Waals surface area contributed by atoms with Crippen LogP contribution in [0, 0.1) is 0 Å². The smallest absolute Gasteiger partial charge is 0.330 e. The molecule has 0 spiro atoms. The van der Waals surface area contributed by atoms with Crippen molar-refractivity contribution in [1.29, 1.82) is 0 Å². The zero-order valence-corrected chi connectivity index (χ0v) is 11.8. The topological polar surface area (TPSA) is 58.6 Å². The summed E-state index contributed by atoms with van der Waals surface area (Å²) in [5, 5.41) is 12.8. The van der Waals surface area contributed by atoms with Crippen LogP contribution in [0.5, 0.6) is 0 Å². The summed E-state index contributed by atoms with van der Waals surface area (Å²) in [4.78, 5) is 11.4. The lowest BCUT2D eigenvalue weighted by Gasteiger charge is -2.37. The van der Waals surface area contributed by atoms with E-state index in [0.717, 1.165) is 16.6 Å². The van der Waals surface area contributed by atoms with Gasteiger partial charge in [-0.2, -0.15) is 0 Å². The highest BCUT2D eigenvalue weighted by Gasteiger charge is 2.35. The SMILES string of the molecule is CC(C)(O)C(C)(C)O[B]c1ccc2c(c1)CNC2=O.[HH]. The number of benzene rings is 1. The van der Waals surface area contributed by atoms with E-state index in [1.165, 1.54) is 0 Å². The Kier molecular flexibility index (Phi) is 3.45. The number of amides is 1. The average Bonchev–Trinajstić information content (AvgIpc) is 2.67. The van der Waals surface area contributed by atoms with Gasteiger partial charge in [-0.3, -0.25) is 4.79 Å². The second-order valence-corrected chi connectivity index (χ2v) is 5.90. The molecule has 1 aromatic carbocycles. The number of aliphatic hydroxyl groups is 1. The minimum absolute atomic E-state index is 0. The van der Waals surface area contributed by atoms with E-state index in [0.29, 0.717) is 6.54 Å². The number of fused-ring (bicyclic) bond motifs is 1. The molecule has 1 radical (unpaired) electrons. The standard InChI is InChI=1S/C14H19BNO3.H2/c1-13(2,18)14(3,4)19-15-10-5-6-11-9(7-10)8-16-12(11)17;/h5-7,18H,8H2,1-4H3,(H,16,17);1H. The monoisotopic (exact) mass is 262 g/mol. The second kappa shape index (κ2) is 4.65. The van der Waals surface area contributed by atoms with Gasteiger partial charge in [-0.25, -0.2) is 0 Å². The molecule has 103 valence electrons. The first kappa shape index (κ1) is 14.1. The third-order valence-corrected chi connectivity index (χ3v) is 3.78. The van der Waals surface area contributed by atoms with Crippen molar-refractivity contribution in [3.05, 3.63) is 29.3 Å². The van der Waals surface area contributed by atoms with Crippen molar-refractivity contribution in [2.75, 3.05) is 0 Å². The summed E-state index contributed by atoms with van der Waals surface area (Å²) in [6, 6.07) is 5.56. The number of carbonyl (C=O) groups excluding carboxylic acids is 1. The van der Waals surface area contributed by atoms with Crippen molar-refractivity contribution in [3.8, 4) is 0 Å². The van der Waals surface area contributed by atoms with Crippen LogP contribution in [0.15, 0.2) is 18.2 Å². The van der Waals surface area contributed by atoms with Crippen LogP contribution in [0.2, 0.25) is 0 Å². The lowest BCUT2D eigenvalue weighted by molar-refractivity contribution is -0.0893. The fourth-order valence-corrected chi connectivity index (χ4v) is 1.69. The van der Waals surface area contributed by atoms with Gasteiger partial charge in [0.05, 0.1) is 11.2 Å². The predicted octanol–water partition coefficient (Wildman–Crippen LogP) is 0.987. The summed E-state index contributed by atoms with van der Waals surface area (Å²) in [6.07, 6.45) is 0. The Morgan fingerprint density at radius 2 is 2.05 bits per heavy atom. The average molecular weight is 262 g/mol. The van der Waals surface area contributed by atoms with E-state index in [9.17, 15) is 9.90 Å². The molecule has 0 bridgehead atoms. The number of hydrogen-bond acceptors (Lipinski definition) is 3. The molecule has 0 saturated carbocycles. The van der Waals surface area contributed by atoms with E-state index < -0.39 is 11.2 Å². The van der Waals surface area contributed by atoms with Crippen LogP contribution in [0.3, 0.4) is 0 Å². The maximum atomic E-state index is 11.4. The van der Waals surface area contributed by atoms with Crippen molar-refractivity contribution in [2.24, 2.45) is 0 Å². The molecule has 0 aromatic heterocycles. The molecule has 4 nitrogen and oxygen atoms in total. The van der Waals surface area contributed by atoms with Gasteiger partial charge in [0.1, 0.15) is 0 Å². The van der Waals surface area contributed by atoms with Crippen molar-refractivity contribution in [1.82, 2.24) is 5.32 Å². The fraction of sp³-hybridized carbons (Fsp3) is 0.500. The van der Waals surface area contributed by atoms with Crippen molar-refractivity contribution < 1.29 is 16.0 Å². The molecule has 1 amide bonds. The number of hydrogen-bond donors (Lipinski definition) is 2. The van der Waals surface area contributed by atoms with Gasteiger partial charge in [-0.15, -0.1) is 0 Å². The third kappa shape index (κ3) is 2.82. The molecule has 2 N–H and O–H groups in total. The summed E-state index contributed by atoms with van der Waals surface area (Å²) in [7, 11) is 1.63. The normalized spacial score (nSPS) is 15.1. The summed E-state index contributed by atoms with van der Waals surface area (Å²) in [6.45, 7) is 7.66. The van der Waals surface area contributed by atoms with Gasteiger partial charge in [0.25, 0.3) is 5.91 Å². The van der Waals surface area contributed by atoms with Crippen molar-refractivity contribution in [3.63, 3.8) is 0 Å². The van der Waals surface area contributed by atoms with E-state index in [2.05, 4.69) is 5.32 Å². The molecule has 0 fully saturated rings. The first-order chi connectivity index (χ1) is 8.71. The molecule has 5 heteroatoms. The Labute approximate surface area is 115 Å². The van der Waals surface area contributed by atoms with Crippen LogP contribution in [0.4, 0.5) is 0 Å². The van der Waals surface area contributed by atoms with Gasteiger partial charge in [0.2, 0.25) is 0 Å². The number of carbonyl (C=O) groups is 1. The lowest BCUT2D eigenvalue weighted by Crippen LogP contribution is -2.49. The third-order valence-electron chi connectivity index (χ3n) is 3.78. The van der Waals surface area contributed by atoms with Crippen LogP contribution < -0.4 is 10.8 Å². The molecular formula is C14H21BNO3. The van der Waals surface area contributed by atoms with Crippen LogP contribution in [-0.4, -0.2) is 29.7 Å². The summed E-state index contributed by atoms with van der Waals surface area (Å²) >= 11 is 0. The van der Waals surface area contributed by atoms with E-state index >= 15 is 0 Å². The molecule has 1 aromatic rings. The molecule has 0 atom stereocenters. The van der Waals surface area contributed by atoms with Gasteiger partial charge >= 0.3 is 7.48 Å². The summed E-state index contributed by atoms with van der Waals surface area (Å²) < 4.78 is 5.69. The molecule has 1 aliphatic heterocycles. The second-order valence-electron chi connectivity index (χ2n) is 5.90. The molecule has 1 heterocycles. The van der Waals surface area contributed by atoms with E-state index in [1.807, 2.05) is 26.0 Å². The maximum Gasteiger partial charge on any atom is 0.330 e. The molecule has 0 unspecified atom stereocenters. The van der Waals surface area contributed by atoms with Gasteiger partial charge in [-0.1, -0.05) is 17.6 Å². The highest BCUT2D eigenvalue weighted by Crippen LogP contribution is 2.24. The first-order valence-corrected chi connectivity index (χ1v) is 6.35. The zero-order valence-electron chi connectivity index (χ0n) is 11.8. The van der Waals surface area contributed by atoms with Crippen LogP contribution in [0.25, 0.3) is 0 Å². The van der Waals surface area contributed by atoms with Crippen LogP contribution in [-0.2, 0) is 11.2 Å². The van der Waals surface area contributed by atoms with Crippen molar-refractivity contribution >= 4 is 18.9 Å². The fourth-order valence-electron chi connectivity index (χ4n) is 1.69. The lowest BCUT2D eigenvalue weighted by atomic mass is 9.81. The molecule has 0 saturated heterocycles. The molecular weight excluding hydrogens is 241 g/mol. The van der Waals surface area contributed by atoms with E-state index in [4.69, 9.17) is 4.65 Å². The minimum atomic E-state index is -0.947.